The van der Waals surface area contributed by atoms with Gasteiger partial charge in [0.25, 0.3) is 0 Å². The second-order valence-electron chi connectivity index (χ2n) is 3.91. The first-order chi connectivity index (χ1) is 9.20. The van der Waals surface area contributed by atoms with Crippen LogP contribution in [0.2, 0.25) is 0 Å². The first-order valence-electron chi connectivity index (χ1n) is 5.44. The zero-order valence-corrected chi connectivity index (χ0v) is 12.0. The molecule has 0 heterocycles. The average Bonchev–Trinajstić information content (AvgIpc) is 2.22. The second kappa shape index (κ2) is 11.0. The topological polar surface area (TPSA) is 167 Å². The summed E-state index contributed by atoms with van der Waals surface area (Å²) in [6.45, 7) is -3.25. The number of nitrogens with zero attached hydrogens (tertiary/aromatic N) is 2. The van der Waals surface area contributed by atoms with E-state index in [1.54, 1.807) is 0 Å². The number of hydrogen-bond acceptors (Lipinski definition) is 10. The standard InChI is InChI=1S/C10H16N2O8.Mn/c13-7(14)3-11(4-8(15)16)1-2-12(5-9(17)18)6-10(19)20;/h1-6H2,(H,13,14)(H,15,16)(H,17,18)(H,19,20);/q;+2/p-4. The number of aliphatic carboxylic acids is 4. The van der Waals surface area contributed by atoms with E-state index in [0.29, 0.717) is 0 Å². The van der Waals surface area contributed by atoms with Crippen molar-refractivity contribution in [3.8, 4) is 0 Å². The molecule has 1 radical (unpaired) electrons. The Morgan fingerprint density at radius 2 is 0.762 bits per heavy atom. The van der Waals surface area contributed by atoms with E-state index < -0.39 is 50.1 Å². The molecule has 0 spiro atoms. The smallest absolute Gasteiger partial charge is 0.549 e. The van der Waals surface area contributed by atoms with Crippen molar-refractivity contribution in [2.75, 3.05) is 39.3 Å². The van der Waals surface area contributed by atoms with E-state index in [-0.39, 0.29) is 30.2 Å². The summed E-state index contributed by atoms with van der Waals surface area (Å²) < 4.78 is 0. The van der Waals surface area contributed by atoms with E-state index in [2.05, 4.69) is 0 Å². The molecule has 0 N–H and O–H groups in total. The van der Waals surface area contributed by atoms with Gasteiger partial charge in [0.05, 0.1) is 23.9 Å². The number of carboxylic acids is 4. The molecule has 11 heteroatoms. The van der Waals surface area contributed by atoms with Gasteiger partial charge in [0.1, 0.15) is 0 Å². The van der Waals surface area contributed by atoms with E-state index in [4.69, 9.17) is 0 Å². The fraction of sp³-hybridized carbons (Fsp3) is 0.600. The molecule has 0 amide bonds. The van der Waals surface area contributed by atoms with Crippen molar-refractivity contribution in [2.45, 2.75) is 0 Å². The van der Waals surface area contributed by atoms with Gasteiger partial charge in [0, 0.05) is 39.3 Å². The van der Waals surface area contributed by atoms with Crippen molar-refractivity contribution in [3.05, 3.63) is 0 Å². The van der Waals surface area contributed by atoms with E-state index in [1.807, 2.05) is 0 Å². The summed E-state index contributed by atoms with van der Waals surface area (Å²) in [5, 5.41) is 41.6. The summed E-state index contributed by atoms with van der Waals surface area (Å²) in [6, 6.07) is 0. The van der Waals surface area contributed by atoms with Gasteiger partial charge in [-0.15, -0.1) is 0 Å². The maximum absolute atomic E-state index is 10.4. The molecular formula is C10H12MnN2O8-2. The van der Waals surface area contributed by atoms with Crippen molar-refractivity contribution in [3.63, 3.8) is 0 Å². The van der Waals surface area contributed by atoms with Crippen LogP contribution < -0.4 is 20.4 Å². The van der Waals surface area contributed by atoms with Crippen molar-refractivity contribution >= 4 is 23.9 Å². The van der Waals surface area contributed by atoms with Gasteiger partial charge >= 0.3 is 17.1 Å². The van der Waals surface area contributed by atoms with Crippen molar-refractivity contribution < 1.29 is 56.7 Å². The van der Waals surface area contributed by atoms with Crippen LogP contribution in [0.3, 0.4) is 0 Å². The van der Waals surface area contributed by atoms with E-state index in [1.165, 1.54) is 0 Å². The monoisotopic (exact) mass is 343 g/mol. The average molecular weight is 343 g/mol. The number of hydrogen-bond donors (Lipinski definition) is 0. The van der Waals surface area contributed by atoms with Crippen LogP contribution in [0.1, 0.15) is 0 Å². The molecule has 0 rings (SSSR count). The third-order valence-electron chi connectivity index (χ3n) is 2.14. The number of carbonyl (C=O) groups excluding carboxylic acids is 4. The quantitative estimate of drug-likeness (QED) is 0.329. The molecule has 0 aliphatic carbocycles. The maximum atomic E-state index is 10.4. The molecule has 21 heavy (non-hydrogen) atoms. The maximum Gasteiger partial charge on any atom is 2.00 e. The Balaban J connectivity index is 0. The Morgan fingerprint density at radius 1 is 0.571 bits per heavy atom. The van der Waals surface area contributed by atoms with Gasteiger partial charge in [-0.25, -0.2) is 0 Å². The minimum atomic E-state index is -1.53. The van der Waals surface area contributed by atoms with E-state index in [9.17, 15) is 39.6 Å². The third-order valence-corrected chi connectivity index (χ3v) is 2.14. The van der Waals surface area contributed by atoms with Gasteiger partial charge in [-0.2, -0.15) is 0 Å². The minimum absolute atomic E-state index is 0. The molecule has 0 atom stereocenters. The predicted molar refractivity (Wildman–Crippen MR) is 52.9 cm³/mol. The van der Waals surface area contributed by atoms with Gasteiger partial charge < -0.3 is 39.6 Å². The molecule has 0 aromatic carbocycles. The molecule has 0 saturated heterocycles. The van der Waals surface area contributed by atoms with E-state index in [0.717, 1.165) is 9.80 Å². The summed E-state index contributed by atoms with van der Waals surface area (Å²) in [6.07, 6.45) is 0. The zero-order chi connectivity index (χ0) is 15.7. The van der Waals surface area contributed by atoms with Gasteiger partial charge in [0.15, 0.2) is 0 Å². The Morgan fingerprint density at radius 3 is 0.905 bits per heavy atom. The molecule has 0 aromatic heterocycles. The molecule has 0 unspecified atom stereocenters. The van der Waals surface area contributed by atoms with Gasteiger partial charge in [-0.3, -0.25) is 9.80 Å². The minimum Gasteiger partial charge on any atom is -0.549 e. The van der Waals surface area contributed by atoms with Crippen LogP contribution >= 0.6 is 0 Å². The van der Waals surface area contributed by atoms with Crippen LogP contribution in [0.25, 0.3) is 0 Å². The fourth-order valence-corrected chi connectivity index (χ4v) is 1.44. The van der Waals surface area contributed by atoms with Crippen molar-refractivity contribution in [1.82, 2.24) is 9.80 Å². The molecule has 119 valence electrons. The van der Waals surface area contributed by atoms with Crippen molar-refractivity contribution in [2.24, 2.45) is 0 Å². The molecule has 0 fully saturated rings. The first kappa shape index (κ1) is 21.6. The Kier molecular flexibility index (Phi) is 11.4. The number of rotatable bonds is 11. The van der Waals surface area contributed by atoms with Crippen LogP contribution in [0.5, 0.6) is 0 Å². The predicted octanol–water partition coefficient (Wildman–Crippen LogP) is -7.41. The molecule has 0 saturated carbocycles. The Bertz CT molecular complexity index is 321. The second-order valence-corrected chi connectivity index (χ2v) is 3.91. The molecular weight excluding hydrogens is 331 g/mol. The van der Waals surface area contributed by atoms with Gasteiger partial charge in [-0.1, -0.05) is 0 Å². The van der Waals surface area contributed by atoms with Crippen LogP contribution in [0.15, 0.2) is 0 Å². The van der Waals surface area contributed by atoms with Crippen molar-refractivity contribution in [1.29, 1.82) is 0 Å². The summed E-state index contributed by atoms with van der Waals surface area (Å²) in [5.74, 6) is -6.12. The van der Waals surface area contributed by atoms with Gasteiger partial charge in [0.2, 0.25) is 0 Å². The third kappa shape index (κ3) is 13.1. The molecule has 0 aromatic rings. The summed E-state index contributed by atoms with van der Waals surface area (Å²) in [7, 11) is 0. The van der Waals surface area contributed by atoms with Crippen LogP contribution in [0, 0.1) is 0 Å². The van der Waals surface area contributed by atoms with Crippen LogP contribution in [-0.2, 0) is 36.2 Å². The largest absolute Gasteiger partial charge is 2.00 e. The fourth-order valence-electron chi connectivity index (χ4n) is 1.44. The van der Waals surface area contributed by atoms with Crippen LogP contribution in [-0.4, -0.2) is 72.9 Å². The number of carboxylic acid groups (broad SMARTS) is 4. The van der Waals surface area contributed by atoms with E-state index >= 15 is 0 Å². The van der Waals surface area contributed by atoms with Gasteiger partial charge in [-0.05, 0) is 0 Å². The Hall–Kier alpha value is -1.68. The first-order valence-corrected chi connectivity index (χ1v) is 5.44. The normalized spacial score (nSPS) is 10.2. The summed E-state index contributed by atoms with van der Waals surface area (Å²) in [5.41, 5.74) is 0. The molecule has 0 aliphatic heterocycles. The molecule has 0 aliphatic rings. The Labute approximate surface area is 130 Å². The SMILES string of the molecule is O=C([O-])CN(CCN(CC(=O)[O-])CC(=O)[O-])CC(=O)[O-].[Mn+2]. The molecule has 0 bridgehead atoms. The van der Waals surface area contributed by atoms with Crippen LogP contribution in [0.4, 0.5) is 0 Å². The molecule has 10 nitrogen and oxygen atoms in total. The zero-order valence-electron chi connectivity index (χ0n) is 10.8. The summed E-state index contributed by atoms with van der Waals surface area (Å²) in [4.78, 5) is 43.4. The summed E-state index contributed by atoms with van der Waals surface area (Å²) >= 11 is 0. The number of carbonyl (C=O) groups is 4.